The average Bonchev–Trinajstić information content (AvgIpc) is 2.59. The Morgan fingerprint density at radius 1 is 1.24 bits per heavy atom. The number of benzene rings is 2. The van der Waals surface area contributed by atoms with Gasteiger partial charge in [0.2, 0.25) is 0 Å². The lowest BCUT2D eigenvalue weighted by Crippen LogP contribution is -2.11. The second-order valence-corrected chi connectivity index (χ2v) is 5.13. The molecule has 0 N–H and O–H groups in total. The number of nitro groups is 1. The molecule has 0 fully saturated rings. The fourth-order valence-corrected chi connectivity index (χ4v) is 2.05. The van der Waals surface area contributed by atoms with Crippen molar-refractivity contribution in [1.82, 2.24) is 0 Å². The zero-order chi connectivity index (χ0) is 18.4. The van der Waals surface area contributed by atoms with E-state index < -0.39 is 11.1 Å². The molecule has 0 heterocycles. The zero-order valence-electron chi connectivity index (χ0n) is 13.5. The fraction of sp³-hybridized carbons (Fsp3) is 0.188. The molecular formula is C16H15N3O6. The molecule has 0 saturated heterocycles. The lowest BCUT2D eigenvalue weighted by Gasteiger charge is -2.10. The fourth-order valence-electron chi connectivity index (χ4n) is 2.05. The topological polar surface area (TPSA) is 111 Å². The number of carbonyl (C=O) groups excluding carboxylic acids is 1. The minimum atomic E-state index is -0.995. The van der Waals surface area contributed by atoms with E-state index in [2.05, 4.69) is 5.29 Å². The first-order chi connectivity index (χ1) is 11.9. The molecule has 9 heteroatoms. The van der Waals surface area contributed by atoms with E-state index in [0.717, 1.165) is 10.6 Å². The number of nitroso groups, excluding NO2 is 1. The quantitative estimate of drug-likeness (QED) is 0.258. The number of carbonyl (C=O) groups is 1. The number of aryl methyl sites for hydroxylation is 1. The number of rotatable bonds is 6. The van der Waals surface area contributed by atoms with Crippen LogP contribution in [0.25, 0.3) is 0 Å². The van der Waals surface area contributed by atoms with E-state index in [-0.39, 0.29) is 23.6 Å². The molecular weight excluding hydrogens is 330 g/mol. The van der Waals surface area contributed by atoms with Gasteiger partial charge in [-0.1, -0.05) is 11.6 Å². The van der Waals surface area contributed by atoms with Crippen molar-refractivity contribution in [3.8, 4) is 5.75 Å². The van der Waals surface area contributed by atoms with Gasteiger partial charge in [-0.25, -0.2) is 9.80 Å². The van der Waals surface area contributed by atoms with Crippen LogP contribution in [0.3, 0.4) is 0 Å². The Labute approximate surface area is 142 Å². The Morgan fingerprint density at radius 3 is 2.52 bits per heavy atom. The van der Waals surface area contributed by atoms with Crippen LogP contribution in [0, 0.1) is 21.9 Å². The maximum Gasteiger partial charge on any atom is 0.514 e. The summed E-state index contributed by atoms with van der Waals surface area (Å²) in [6.45, 7) is 1.49. The van der Waals surface area contributed by atoms with Gasteiger partial charge in [0.1, 0.15) is 12.4 Å². The normalized spacial score (nSPS) is 10.0. The molecule has 0 atom stereocenters. The summed E-state index contributed by atoms with van der Waals surface area (Å²) in [7, 11) is 1.48. The van der Waals surface area contributed by atoms with E-state index in [0.29, 0.717) is 5.69 Å². The van der Waals surface area contributed by atoms with Gasteiger partial charge in [-0.15, -0.1) is 4.91 Å². The van der Waals surface area contributed by atoms with Crippen molar-refractivity contribution in [2.75, 3.05) is 12.1 Å². The lowest BCUT2D eigenvalue weighted by atomic mass is 10.1. The van der Waals surface area contributed by atoms with Crippen LogP contribution in [0.15, 0.2) is 47.8 Å². The molecule has 0 saturated carbocycles. The number of anilines is 1. The summed E-state index contributed by atoms with van der Waals surface area (Å²) >= 11 is 0. The third kappa shape index (κ3) is 4.74. The maximum absolute atomic E-state index is 11.7. The molecule has 0 bridgehead atoms. The highest BCUT2D eigenvalue weighted by atomic mass is 16.7. The number of hydrogen-bond acceptors (Lipinski definition) is 7. The molecule has 0 amide bonds. The van der Waals surface area contributed by atoms with Crippen LogP contribution >= 0.6 is 0 Å². The monoisotopic (exact) mass is 345 g/mol. The third-order valence-corrected chi connectivity index (χ3v) is 3.31. The molecule has 0 aliphatic heterocycles. The number of nitrogens with zero attached hydrogens (tertiary/aromatic N) is 3. The van der Waals surface area contributed by atoms with Gasteiger partial charge in [-0.05, 0) is 37.3 Å². The van der Waals surface area contributed by atoms with Gasteiger partial charge in [0.25, 0.3) is 5.69 Å². The van der Waals surface area contributed by atoms with E-state index in [9.17, 15) is 19.8 Å². The molecule has 0 spiro atoms. The van der Waals surface area contributed by atoms with Gasteiger partial charge < -0.3 is 9.47 Å². The van der Waals surface area contributed by atoms with Crippen molar-refractivity contribution >= 4 is 17.5 Å². The molecule has 25 heavy (non-hydrogen) atoms. The standard InChI is InChI=1S/C16H15N3O6/c1-11-3-8-15(19(22)23)12(9-11)10-24-16(20)25-14-6-4-13(5-7-14)18(2)17-21/h3-9H,10H2,1-2H3. The molecule has 2 aromatic rings. The summed E-state index contributed by atoms with van der Waals surface area (Å²) in [5, 5.41) is 14.8. The summed E-state index contributed by atoms with van der Waals surface area (Å²) in [5.41, 5.74) is 1.47. The van der Waals surface area contributed by atoms with Crippen LogP contribution in [0.5, 0.6) is 5.75 Å². The minimum absolute atomic E-state index is 0.132. The first-order valence-electron chi connectivity index (χ1n) is 7.16. The second kappa shape index (κ2) is 7.86. The Bertz CT molecular complexity index is 791. The number of nitro benzene ring substituents is 1. The van der Waals surface area contributed by atoms with Crippen LogP contribution < -0.4 is 9.75 Å². The van der Waals surface area contributed by atoms with E-state index in [1.807, 2.05) is 0 Å². The molecule has 0 unspecified atom stereocenters. The van der Waals surface area contributed by atoms with Crippen molar-refractivity contribution in [3.63, 3.8) is 0 Å². The maximum atomic E-state index is 11.7. The molecule has 2 rings (SSSR count). The van der Waals surface area contributed by atoms with Crippen LogP contribution in [0.1, 0.15) is 11.1 Å². The average molecular weight is 345 g/mol. The SMILES string of the molecule is Cc1ccc([N+](=O)[O-])c(COC(=O)Oc2ccc(N(C)N=O)cc2)c1. The summed E-state index contributed by atoms with van der Waals surface area (Å²) in [4.78, 5) is 32.6. The first kappa shape index (κ1) is 17.9. The Balaban J connectivity index is 1.98. The number of ether oxygens (including phenoxy) is 2. The Morgan fingerprint density at radius 2 is 1.92 bits per heavy atom. The predicted molar refractivity (Wildman–Crippen MR) is 89.3 cm³/mol. The smallest absolute Gasteiger partial charge is 0.429 e. The van der Waals surface area contributed by atoms with E-state index in [1.54, 1.807) is 19.1 Å². The first-order valence-corrected chi connectivity index (χ1v) is 7.16. The van der Waals surface area contributed by atoms with Gasteiger partial charge in [0.15, 0.2) is 0 Å². The van der Waals surface area contributed by atoms with Crippen molar-refractivity contribution in [2.24, 2.45) is 5.29 Å². The molecule has 0 aromatic heterocycles. The van der Waals surface area contributed by atoms with Crippen LogP contribution in [0.4, 0.5) is 16.2 Å². The Kier molecular flexibility index (Phi) is 5.62. The van der Waals surface area contributed by atoms with Gasteiger partial charge in [-0.3, -0.25) is 10.1 Å². The van der Waals surface area contributed by atoms with Crippen molar-refractivity contribution in [2.45, 2.75) is 13.5 Å². The van der Waals surface area contributed by atoms with Crippen molar-refractivity contribution in [1.29, 1.82) is 0 Å². The van der Waals surface area contributed by atoms with Crippen molar-refractivity contribution in [3.05, 3.63) is 68.6 Å². The molecule has 2 aromatic carbocycles. The summed E-state index contributed by atoms with van der Waals surface area (Å²) in [6, 6.07) is 10.5. The van der Waals surface area contributed by atoms with E-state index >= 15 is 0 Å². The molecule has 0 aliphatic carbocycles. The van der Waals surface area contributed by atoms with Gasteiger partial charge >= 0.3 is 6.16 Å². The predicted octanol–water partition coefficient (Wildman–Crippen LogP) is 3.74. The highest BCUT2D eigenvalue weighted by Gasteiger charge is 2.16. The minimum Gasteiger partial charge on any atom is -0.429 e. The molecule has 0 radical (unpaired) electrons. The largest absolute Gasteiger partial charge is 0.514 e. The Hall–Kier alpha value is -3.49. The second-order valence-electron chi connectivity index (χ2n) is 5.13. The summed E-state index contributed by atoms with van der Waals surface area (Å²) in [5.74, 6) is 0.201. The van der Waals surface area contributed by atoms with Crippen LogP contribution in [0.2, 0.25) is 0 Å². The summed E-state index contributed by atoms with van der Waals surface area (Å²) in [6.07, 6.45) is -0.995. The zero-order valence-corrected chi connectivity index (χ0v) is 13.5. The van der Waals surface area contributed by atoms with Gasteiger partial charge in [0.05, 0.1) is 21.5 Å². The van der Waals surface area contributed by atoms with Crippen LogP contribution in [-0.4, -0.2) is 18.1 Å². The van der Waals surface area contributed by atoms with Gasteiger partial charge in [0, 0.05) is 13.1 Å². The van der Waals surface area contributed by atoms with E-state index in [4.69, 9.17) is 9.47 Å². The number of hydrogen-bond donors (Lipinski definition) is 0. The molecule has 130 valence electrons. The molecule has 9 nitrogen and oxygen atoms in total. The highest BCUT2D eigenvalue weighted by molar-refractivity contribution is 5.64. The lowest BCUT2D eigenvalue weighted by molar-refractivity contribution is -0.385. The molecule has 0 aliphatic rings. The van der Waals surface area contributed by atoms with E-state index in [1.165, 1.54) is 37.4 Å². The third-order valence-electron chi connectivity index (χ3n) is 3.31. The highest BCUT2D eigenvalue weighted by Crippen LogP contribution is 2.22. The van der Waals surface area contributed by atoms with Crippen LogP contribution in [-0.2, 0) is 11.3 Å². The summed E-state index contributed by atoms with van der Waals surface area (Å²) < 4.78 is 9.91. The van der Waals surface area contributed by atoms with Crippen molar-refractivity contribution < 1.29 is 19.2 Å². The van der Waals surface area contributed by atoms with Gasteiger partial charge in [-0.2, -0.15) is 0 Å².